The van der Waals surface area contributed by atoms with Gasteiger partial charge >= 0.3 is 5.69 Å². The topological polar surface area (TPSA) is 105 Å². The summed E-state index contributed by atoms with van der Waals surface area (Å²) in [7, 11) is 1.56. The fourth-order valence-electron chi connectivity index (χ4n) is 2.94. The monoisotopic (exact) mass is 419 g/mol. The van der Waals surface area contributed by atoms with E-state index in [2.05, 4.69) is 17.2 Å². The molecule has 1 aromatic heterocycles. The molecule has 0 spiro atoms. The van der Waals surface area contributed by atoms with E-state index in [1.807, 2.05) is 38.1 Å². The summed E-state index contributed by atoms with van der Waals surface area (Å²) in [4.78, 5) is 28.8. The lowest BCUT2D eigenvalue weighted by molar-refractivity contribution is 0.208. The molecule has 0 atom stereocenters. The molecular formula is C20H29N5O3S. The van der Waals surface area contributed by atoms with Gasteiger partial charge in [-0.25, -0.2) is 4.79 Å². The fraction of sp³-hybridized carbons (Fsp3) is 0.450. The smallest absolute Gasteiger partial charge is 0.330 e. The number of rotatable bonds is 8. The SMILES string of the molecule is CCc1cccc(NC(=S)N(CCOC)c2c(N)n(CC(C)C)c(=O)[nH]c2=O)c1. The molecule has 4 N–H and O–H groups in total. The first-order chi connectivity index (χ1) is 13.8. The van der Waals surface area contributed by atoms with Crippen molar-refractivity contribution in [2.45, 2.75) is 33.7 Å². The first-order valence-corrected chi connectivity index (χ1v) is 9.98. The summed E-state index contributed by atoms with van der Waals surface area (Å²) >= 11 is 5.58. The van der Waals surface area contributed by atoms with Gasteiger partial charge in [0, 0.05) is 25.9 Å². The second-order valence-corrected chi connectivity index (χ2v) is 7.51. The molecule has 1 heterocycles. The average molecular weight is 420 g/mol. The van der Waals surface area contributed by atoms with Gasteiger partial charge < -0.3 is 20.7 Å². The van der Waals surface area contributed by atoms with E-state index in [1.54, 1.807) is 12.0 Å². The van der Waals surface area contributed by atoms with Gasteiger partial charge in [0.05, 0.1) is 6.61 Å². The van der Waals surface area contributed by atoms with Gasteiger partial charge in [-0.3, -0.25) is 14.3 Å². The lowest BCUT2D eigenvalue weighted by Crippen LogP contribution is -2.44. The Morgan fingerprint density at radius 1 is 1.38 bits per heavy atom. The van der Waals surface area contributed by atoms with Crippen molar-refractivity contribution in [3.63, 3.8) is 0 Å². The number of H-pyrrole nitrogens is 1. The predicted molar refractivity (Wildman–Crippen MR) is 122 cm³/mol. The number of methoxy groups -OCH3 is 1. The molecule has 1 aromatic carbocycles. The molecule has 0 radical (unpaired) electrons. The van der Waals surface area contributed by atoms with Crippen LogP contribution < -0.4 is 27.2 Å². The number of anilines is 3. The number of benzene rings is 1. The molecule has 0 aliphatic rings. The number of nitrogens with two attached hydrogens (primary N) is 1. The van der Waals surface area contributed by atoms with Crippen LogP contribution in [0.15, 0.2) is 33.9 Å². The van der Waals surface area contributed by atoms with Crippen molar-refractivity contribution in [2.75, 3.05) is 36.2 Å². The van der Waals surface area contributed by atoms with Crippen molar-refractivity contribution in [3.8, 4) is 0 Å². The number of nitrogens with zero attached hydrogens (tertiary/aromatic N) is 2. The molecule has 2 rings (SSSR count). The number of nitrogens with one attached hydrogen (secondary N) is 2. The Hall–Kier alpha value is -2.65. The largest absolute Gasteiger partial charge is 0.383 e. The summed E-state index contributed by atoms with van der Waals surface area (Å²) in [6.45, 7) is 6.99. The third-order valence-corrected chi connectivity index (χ3v) is 4.70. The number of hydrogen-bond donors (Lipinski definition) is 3. The Morgan fingerprint density at radius 2 is 2.10 bits per heavy atom. The number of nitrogen functional groups attached to an aromatic ring is 1. The van der Waals surface area contributed by atoms with Crippen LogP contribution in [0.2, 0.25) is 0 Å². The molecule has 0 unspecified atom stereocenters. The third-order valence-electron chi connectivity index (χ3n) is 4.38. The number of aromatic nitrogens is 2. The van der Waals surface area contributed by atoms with Gasteiger partial charge in [-0.2, -0.15) is 0 Å². The zero-order valence-corrected chi connectivity index (χ0v) is 18.1. The molecule has 2 aromatic rings. The molecule has 158 valence electrons. The van der Waals surface area contributed by atoms with E-state index in [-0.39, 0.29) is 17.4 Å². The van der Waals surface area contributed by atoms with Gasteiger partial charge in [-0.15, -0.1) is 0 Å². The maximum atomic E-state index is 12.6. The van der Waals surface area contributed by atoms with Crippen LogP contribution in [-0.4, -0.2) is 34.9 Å². The summed E-state index contributed by atoms with van der Waals surface area (Å²) < 4.78 is 6.54. The molecule has 8 nitrogen and oxygen atoms in total. The van der Waals surface area contributed by atoms with E-state index in [4.69, 9.17) is 22.7 Å². The molecule has 0 aliphatic heterocycles. The fourth-order valence-corrected chi connectivity index (χ4v) is 3.24. The second kappa shape index (κ2) is 10.2. The van der Waals surface area contributed by atoms with E-state index < -0.39 is 11.2 Å². The Morgan fingerprint density at radius 3 is 2.72 bits per heavy atom. The minimum absolute atomic E-state index is 0.0787. The number of ether oxygens (including phenoxy) is 1. The zero-order chi connectivity index (χ0) is 21.6. The van der Waals surface area contributed by atoms with Crippen LogP contribution >= 0.6 is 12.2 Å². The van der Waals surface area contributed by atoms with Crippen molar-refractivity contribution < 1.29 is 4.74 Å². The highest BCUT2D eigenvalue weighted by atomic mass is 32.1. The Balaban J connectivity index is 2.47. The quantitative estimate of drug-likeness (QED) is 0.563. The van der Waals surface area contributed by atoms with Gasteiger partial charge in [0.1, 0.15) is 5.82 Å². The van der Waals surface area contributed by atoms with Crippen molar-refractivity contribution >= 4 is 34.5 Å². The molecule has 29 heavy (non-hydrogen) atoms. The van der Waals surface area contributed by atoms with E-state index in [9.17, 15) is 9.59 Å². The lowest BCUT2D eigenvalue weighted by Gasteiger charge is -2.27. The van der Waals surface area contributed by atoms with E-state index in [1.165, 1.54) is 4.57 Å². The van der Waals surface area contributed by atoms with Gasteiger partial charge in [0.2, 0.25) is 0 Å². The Bertz CT molecular complexity index is 967. The summed E-state index contributed by atoms with van der Waals surface area (Å²) in [6.07, 6.45) is 0.891. The number of aromatic amines is 1. The summed E-state index contributed by atoms with van der Waals surface area (Å²) in [6, 6.07) is 7.86. The van der Waals surface area contributed by atoms with E-state index >= 15 is 0 Å². The van der Waals surface area contributed by atoms with Crippen LogP contribution in [0.1, 0.15) is 26.3 Å². The Kier molecular flexibility index (Phi) is 7.98. The van der Waals surface area contributed by atoms with Crippen LogP contribution in [0.25, 0.3) is 0 Å². The van der Waals surface area contributed by atoms with Crippen LogP contribution in [-0.2, 0) is 17.7 Å². The highest BCUT2D eigenvalue weighted by Gasteiger charge is 2.22. The minimum atomic E-state index is -0.588. The van der Waals surface area contributed by atoms with Crippen molar-refractivity contribution in [2.24, 2.45) is 5.92 Å². The highest BCUT2D eigenvalue weighted by Crippen LogP contribution is 2.20. The minimum Gasteiger partial charge on any atom is -0.383 e. The first-order valence-electron chi connectivity index (χ1n) is 9.57. The molecule has 9 heteroatoms. The highest BCUT2D eigenvalue weighted by molar-refractivity contribution is 7.80. The molecule has 0 bridgehead atoms. The standard InChI is InChI=1S/C20H29N5O3S/c1-5-14-7-6-8-15(11-14)22-20(29)24(9-10-28-4)16-17(21)25(12-13(2)3)19(27)23-18(16)26/h6-8,11,13H,5,9-10,12,21H2,1-4H3,(H,22,29)(H,23,26,27). The van der Waals surface area contributed by atoms with Crippen LogP contribution in [0.3, 0.4) is 0 Å². The van der Waals surface area contributed by atoms with Gasteiger partial charge in [-0.1, -0.05) is 32.9 Å². The van der Waals surface area contributed by atoms with Crippen LogP contribution in [0, 0.1) is 5.92 Å². The van der Waals surface area contributed by atoms with E-state index in [0.717, 1.165) is 17.7 Å². The number of thiocarbonyl (C=S) groups is 1. The number of aryl methyl sites for hydroxylation is 1. The summed E-state index contributed by atoms with van der Waals surface area (Å²) in [5, 5.41) is 3.45. The van der Waals surface area contributed by atoms with Crippen molar-refractivity contribution in [1.29, 1.82) is 0 Å². The van der Waals surface area contributed by atoms with Gasteiger partial charge in [0.15, 0.2) is 10.8 Å². The molecule has 0 saturated heterocycles. The molecule has 0 saturated carbocycles. The molecular weight excluding hydrogens is 390 g/mol. The van der Waals surface area contributed by atoms with Crippen molar-refractivity contribution in [3.05, 3.63) is 50.7 Å². The van der Waals surface area contributed by atoms with Gasteiger partial charge in [-0.05, 0) is 42.3 Å². The van der Waals surface area contributed by atoms with Crippen LogP contribution in [0.4, 0.5) is 17.2 Å². The van der Waals surface area contributed by atoms with E-state index in [0.29, 0.717) is 24.8 Å². The van der Waals surface area contributed by atoms with Crippen LogP contribution in [0.5, 0.6) is 0 Å². The molecule has 0 aliphatic carbocycles. The summed E-state index contributed by atoms with van der Waals surface area (Å²) in [5.74, 6) is 0.248. The summed E-state index contributed by atoms with van der Waals surface area (Å²) in [5.41, 5.74) is 7.23. The molecule has 0 amide bonds. The lowest BCUT2D eigenvalue weighted by atomic mass is 10.1. The Labute approximate surface area is 175 Å². The van der Waals surface area contributed by atoms with Gasteiger partial charge in [0.25, 0.3) is 5.56 Å². The second-order valence-electron chi connectivity index (χ2n) is 7.13. The maximum Gasteiger partial charge on any atom is 0.330 e. The normalized spacial score (nSPS) is 10.9. The zero-order valence-electron chi connectivity index (χ0n) is 17.3. The number of hydrogen-bond acceptors (Lipinski definition) is 5. The maximum absolute atomic E-state index is 12.6. The molecule has 0 fully saturated rings. The first kappa shape index (κ1) is 22.6. The van der Waals surface area contributed by atoms with Crippen molar-refractivity contribution in [1.82, 2.24) is 9.55 Å². The third kappa shape index (κ3) is 5.68. The predicted octanol–water partition coefficient (Wildman–Crippen LogP) is 2.19. The average Bonchev–Trinajstić information content (AvgIpc) is 2.67.